The van der Waals surface area contributed by atoms with Gasteiger partial charge in [0.15, 0.2) is 0 Å². The Labute approximate surface area is 112 Å². The molecule has 1 N–H and O–H groups in total. The van der Waals surface area contributed by atoms with E-state index < -0.39 is 0 Å². The summed E-state index contributed by atoms with van der Waals surface area (Å²) >= 11 is 0. The Balaban J connectivity index is 2.62. The van der Waals surface area contributed by atoms with Crippen LogP contribution in [-0.4, -0.2) is 18.7 Å². The van der Waals surface area contributed by atoms with Gasteiger partial charge in [-0.05, 0) is 50.4 Å². The van der Waals surface area contributed by atoms with Gasteiger partial charge in [-0.2, -0.15) is 0 Å². The molecule has 0 saturated heterocycles. The lowest BCUT2D eigenvalue weighted by molar-refractivity contribution is 0.108. The lowest BCUT2D eigenvalue weighted by Crippen LogP contribution is -2.40. The normalized spacial score (nSPS) is 11.9. The molecular weight excluding hydrogens is 222 g/mol. The second-order valence-corrected chi connectivity index (χ2v) is 5.77. The standard InChI is InChI=1S/C16H27NO/c1-6-10-17-12-16(4,5)18-15-9-7-8-14(11-15)13(2)3/h7-9,11,13,17H,6,10,12H2,1-5H3. The van der Waals surface area contributed by atoms with Gasteiger partial charge in [-0.15, -0.1) is 0 Å². The molecule has 0 aliphatic heterocycles. The van der Waals surface area contributed by atoms with Crippen molar-refractivity contribution in [2.75, 3.05) is 13.1 Å². The minimum atomic E-state index is -0.176. The zero-order valence-corrected chi connectivity index (χ0v) is 12.4. The van der Waals surface area contributed by atoms with E-state index in [1.807, 2.05) is 6.07 Å². The second-order valence-electron chi connectivity index (χ2n) is 5.77. The maximum Gasteiger partial charge on any atom is 0.120 e. The first kappa shape index (κ1) is 15.0. The van der Waals surface area contributed by atoms with E-state index in [4.69, 9.17) is 4.74 Å². The van der Waals surface area contributed by atoms with Crippen LogP contribution in [-0.2, 0) is 0 Å². The molecule has 1 aromatic rings. The predicted octanol–water partition coefficient (Wildman–Crippen LogP) is 3.97. The van der Waals surface area contributed by atoms with Crippen molar-refractivity contribution in [3.05, 3.63) is 29.8 Å². The largest absolute Gasteiger partial charge is 0.487 e. The Morgan fingerprint density at radius 2 is 2.00 bits per heavy atom. The highest BCUT2D eigenvalue weighted by Crippen LogP contribution is 2.23. The molecule has 18 heavy (non-hydrogen) atoms. The van der Waals surface area contributed by atoms with Crippen LogP contribution in [0.5, 0.6) is 5.75 Å². The third kappa shape index (κ3) is 5.09. The van der Waals surface area contributed by atoms with E-state index in [2.05, 4.69) is 58.1 Å². The Kier molecular flexibility index (Phi) is 5.67. The van der Waals surface area contributed by atoms with E-state index in [9.17, 15) is 0 Å². The first-order valence-corrected chi connectivity index (χ1v) is 6.94. The molecular formula is C16H27NO. The lowest BCUT2D eigenvalue weighted by Gasteiger charge is -2.27. The lowest BCUT2D eigenvalue weighted by atomic mass is 10.0. The van der Waals surface area contributed by atoms with E-state index in [-0.39, 0.29) is 5.60 Å². The van der Waals surface area contributed by atoms with Crippen molar-refractivity contribution in [1.29, 1.82) is 0 Å². The average molecular weight is 249 g/mol. The molecule has 0 heterocycles. The number of hydrogen-bond donors (Lipinski definition) is 1. The van der Waals surface area contributed by atoms with Crippen LogP contribution >= 0.6 is 0 Å². The molecule has 102 valence electrons. The monoisotopic (exact) mass is 249 g/mol. The van der Waals surface area contributed by atoms with Gasteiger partial charge in [0, 0.05) is 6.54 Å². The fourth-order valence-corrected chi connectivity index (χ4v) is 1.86. The summed E-state index contributed by atoms with van der Waals surface area (Å²) in [6.07, 6.45) is 1.15. The molecule has 0 bridgehead atoms. The molecule has 0 fully saturated rings. The van der Waals surface area contributed by atoms with Gasteiger partial charge in [0.25, 0.3) is 0 Å². The van der Waals surface area contributed by atoms with E-state index >= 15 is 0 Å². The molecule has 0 unspecified atom stereocenters. The van der Waals surface area contributed by atoms with Crippen LogP contribution in [0.25, 0.3) is 0 Å². The van der Waals surface area contributed by atoms with Crippen LogP contribution < -0.4 is 10.1 Å². The number of nitrogens with one attached hydrogen (secondary N) is 1. The summed E-state index contributed by atoms with van der Waals surface area (Å²) in [4.78, 5) is 0. The Morgan fingerprint density at radius 3 is 2.61 bits per heavy atom. The molecule has 2 heteroatoms. The van der Waals surface area contributed by atoms with Crippen molar-refractivity contribution in [1.82, 2.24) is 5.32 Å². The van der Waals surface area contributed by atoms with Crippen LogP contribution in [0.2, 0.25) is 0 Å². The molecule has 0 aromatic heterocycles. The van der Waals surface area contributed by atoms with Gasteiger partial charge in [-0.3, -0.25) is 0 Å². The summed E-state index contributed by atoms with van der Waals surface area (Å²) in [5, 5.41) is 3.41. The second kappa shape index (κ2) is 6.79. The van der Waals surface area contributed by atoms with E-state index in [1.54, 1.807) is 0 Å². The number of ether oxygens (including phenoxy) is 1. The van der Waals surface area contributed by atoms with Gasteiger partial charge in [-0.1, -0.05) is 32.9 Å². The Morgan fingerprint density at radius 1 is 1.28 bits per heavy atom. The smallest absolute Gasteiger partial charge is 0.120 e. The fourth-order valence-electron chi connectivity index (χ4n) is 1.86. The van der Waals surface area contributed by atoms with Crippen molar-refractivity contribution < 1.29 is 4.74 Å². The van der Waals surface area contributed by atoms with Crippen molar-refractivity contribution in [3.63, 3.8) is 0 Å². The molecule has 0 saturated carbocycles. The fraction of sp³-hybridized carbons (Fsp3) is 0.625. The highest BCUT2D eigenvalue weighted by atomic mass is 16.5. The SMILES string of the molecule is CCCNCC(C)(C)Oc1cccc(C(C)C)c1. The molecule has 0 spiro atoms. The summed E-state index contributed by atoms with van der Waals surface area (Å²) in [6.45, 7) is 12.7. The summed E-state index contributed by atoms with van der Waals surface area (Å²) in [5.74, 6) is 1.50. The third-order valence-electron chi connectivity index (χ3n) is 2.90. The zero-order valence-electron chi connectivity index (χ0n) is 12.4. The molecule has 0 amide bonds. The van der Waals surface area contributed by atoms with E-state index in [1.165, 1.54) is 5.56 Å². The van der Waals surface area contributed by atoms with Crippen molar-refractivity contribution in [3.8, 4) is 5.75 Å². The predicted molar refractivity (Wildman–Crippen MR) is 78.4 cm³/mol. The molecule has 1 aromatic carbocycles. The molecule has 0 aliphatic rings. The van der Waals surface area contributed by atoms with Crippen molar-refractivity contribution in [2.24, 2.45) is 0 Å². The number of rotatable bonds is 7. The maximum absolute atomic E-state index is 6.08. The van der Waals surface area contributed by atoms with Gasteiger partial charge >= 0.3 is 0 Å². The van der Waals surface area contributed by atoms with Crippen LogP contribution in [0.4, 0.5) is 0 Å². The van der Waals surface area contributed by atoms with Crippen LogP contribution in [0.3, 0.4) is 0 Å². The van der Waals surface area contributed by atoms with Crippen LogP contribution in [0.1, 0.15) is 52.5 Å². The first-order valence-electron chi connectivity index (χ1n) is 6.94. The van der Waals surface area contributed by atoms with Crippen LogP contribution in [0, 0.1) is 0 Å². The molecule has 0 aliphatic carbocycles. The molecule has 0 atom stereocenters. The quantitative estimate of drug-likeness (QED) is 0.738. The summed E-state index contributed by atoms with van der Waals surface area (Å²) < 4.78 is 6.08. The highest BCUT2D eigenvalue weighted by molar-refractivity contribution is 5.30. The number of hydrogen-bond acceptors (Lipinski definition) is 2. The van der Waals surface area contributed by atoms with Gasteiger partial charge in [0.1, 0.15) is 11.4 Å². The Bertz CT molecular complexity index is 358. The van der Waals surface area contributed by atoms with Gasteiger partial charge in [0.05, 0.1) is 0 Å². The molecule has 0 radical (unpaired) electrons. The zero-order chi connectivity index (χ0) is 13.6. The van der Waals surface area contributed by atoms with Crippen molar-refractivity contribution in [2.45, 2.75) is 52.6 Å². The topological polar surface area (TPSA) is 21.3 Å². The first-order chi connectivity index (χ1) is 8.44. The van der Waals surface area contributed by atoms with Gasteiger partial charge < -0.3 is 10.1 Å². The Hall–Kier alpha value is -1.02. The minimum Gasteiger partial charge on any atom is -0.487 e. The van der Waals surface area contributed by atoms with Gasteiger partial charge in [-0.25, -0.2) is 0 Å². The van der Waals surface area contributed by atoms with E-state index in [0.717, 1.165) is 25.3 Å². The summed E-state index contributed by atoms with van der Waals surface area (Å²) in [7, 11) is 0. The number of benzene rings is 1. The average Bonchev–Trinajstić information content (AvgIpc) is 2.28. The summed E-state index contributed by atoms with van der Waals surface area (Å²) in [5.41, 5.74) is 1.15. The van der Waals surface area contributed by atoms with Crippen molar-refractivity contribution >= 4 is 0 Å². The molecule has 1 rings (SSSR count). The minimum absolute atomic E-state index is 0.176. The maximum atomic E-state index is 6.08. The van der Waals surface area contributed by atoms with E-state index in [0.29, 0.717) is 5.92 Å². The third-order valence-corrected chi connectivity index (χ3v) is 2.90. The summed E-state index contributed by atoms with van der Waals surface area (Å²) in [6, 6.07) is 8.40. The van der Waals surface area contributed by atoms with Crippen LogP contribution in [0.15, 0.2) is 24.3 Å². The molecule has 2 nitrogen and oxygen atoms in total. The van der Waals surface area contributed by atoms with Gasteiger partial charge in [0.2, 0.25) is 0 Å². The highest BCUT2D eigenvalue weighted by Gasteiger charge is 2.19.